The summed E-state index contributed by atoms with van der Waals surface area (Å²) >= 11 is 1.33. The maximum atomic E-state index is 12.1. The topological polar surface area (TPSA) is 78.9 Å². The molecule has 1 aromatic rings. The predicted octanol–water partition coefficient (Wildman–Crippen LogP) is 0.0861. The third-order valence-electron chi connectivity index (χ3n) is 3.03. The summed E-state index contributed by atoms with van der Waals surface area (Å²) in [6.07, 6.45) is -0.464. The van der Waals surface area contributed by atoms with Crippen molar-refractivity contribution in [1.29, 1.82) is 0 Å². The first-order valence-electron chi connectivity index (χ1n) is 6.46. The van der Waals surface area contributed by atoms with E-state index in [4.69, 9.17) is 9.84 Å². The Labute approximate surface area is 121 Å². The molecule has 1 fully saturated rings. The molecule has 2 heterocycles. The third-order valence-corrected chi connectivity index (χ3v) is 3.90. The lowest BCUT2D eigenvalue weighted by molar-refractivity contribution is -0.146. The first kappa shape index (κ1) is 15.0. The normalized spacial score (nSPS) is 22.6. The van der Waals surface area contributed by atoms with Gasteiger partial charge in [0.15, 0.2) is 0 Å². The SMILES string of the molecule is CC1CN(C(=O)CNC(=O)c2cccs2)CC(CO)O1. The molecule has 6 nitrogen and oxygen atoms in total. The molecule has 2 rings (SSSR count). The number of hydrogen-bond acceptors (Lipinski definition) is 5. The number of aliphatic hydroxyl groups excluding tert-OH is 1. The van der Waals surface area contributed by atoms with Crippen molar-refractivity contribution in [2.75, 3.05) is 26.2 Å². The fourth-order valence-electron chi connectivity index (χ4n) is 2.11. The van der Waals surface area contributed by atoms with Crippen molar-refractivity contribution in [3.8, 4) is 0 Å². The molecular formula is C13H18N2O4S. The average molecular weight is 298 g/mol. The number of rotatable bonds is 4. The number of amides is 2. The minimum atomic E-state index is -0.351. The van der Waals surface area contributed by atoms with Crippen LogP contribution in [-0.4, -0.2) is 60.3 Å². The van der Waals surface area contributed by atoms with E-state index < -0.39 is 0 Å². The van der Waals surface area contributed by atoms with E-state index in [9.17, 15) is 9.59 Å². The zero-order valence-electron chi connectivity index (χ0n) is 11.2. The highest BCUT2D eigenvalue weighted by Gasteiger charge is 2.27. The average Bonchev–Trinajstić information content (AvgIpc) is 2.97. The van der Waals surface area contributed by atoms with Crippen LogP contribution in [-0.2, 0) is 9.53 Å². The Balaban J connectivity index is 1.83. The Hall–Kier alpha value is -1.44. The Morgan fingerprint density at radius 2 is 2.35 bits per heavy atom. The van der Waals surface area contributed by atoms with E-state index in [2.05, 4.69) is 5.32 Å². The van der Waals surface area contributed by atoms with Crippen LogP contribution in [0.3, 0.4) is 0 Å². The van der Waals surface area contributed by atoms with Crippen LogP contribution in [0.4, 0.5) is 0 Å². The summed E-state index contributed by atoms with van der Waals surface area (Å²) in [5.74, 6) is -0.406. The van der Waals surface area contributed by atoms with Gasteiger partial charge in [0.05, 0.1) is 30.2 Å². The van der Waals surface area contributed by atoms with Crippen LogP contribution >= 0.6 is 11.3 Å². The highest BCUT2D eigenvalue weighted by Crippen LogP contribution is 2.11. The summed E-state index contributed by atoms with van der Waals surface area (Å²) in [5, 5.41) is 13.5. The molecule has 0 spiro atoms. The highest BCUT2D eigenvalue weighted by atomic mass is 32.1. The summed E-state index contributed by atoms with van der Waals surface area (Å²) in [5.41, 5.74) is 0. The number of carbonyl (C=O) groups excluding carboxylic acids is 2. The summed E-state index contributed by atoms with van der Waals surface area (Å²) in [4.78, 5) is 26.0. The molecule has 110 valence electrons. The van der Waals surface area contributed by atoms with Crippen LogP contribution in [0.25, 0.3) is 0 Å². The monoisotopic (exact) mass is 298 g/mol. The van der Waals surface area contributed by atoms with Crippen LogP contribution in [0, 0.1) is 0 Å². The largest absolute Gasteiger partial charge is 0.394 e. The summed E-state index contributed by atoms with van der Waals surface area (Å²) in [6, 6.07) is 3.50. The van der Waals surface area contributed by atoms with Gasteiger partial charge in [-0.25, -0.2) is 0 Å². The first-order valence-corrected chi connectivity index (χ1v) is 7.34. The standard InChI is InChI=1S/C13H18N2O4S/c1-9-6-15(7-10(8-16)19-9)12(17)5-14-13(18)11-3-2-4-20-11/h2-4,9-10,16H,5-8H2,1H3,(H,14,18). The Morgan fingerprint density at radius 1 is 1.55 bits per heavy atom. The molecule has 0 aliphatic carbocycles. The zero-order chi connectivity index (χ0) is 14.5. The molecule has 0 bridgehead atoms. The van der Waals surface area contributed by atoms with Crippen LogP contribution in [0.15, 0.2) is 17.5 Å². The minimum Gasteiger partial charge on any atom is -0.394 e. The van der Waals surface area contributed by atoms with E-state index in [1.807, 2.05) is 12.3 Å². The predicted molar refractivity (Wildman–Crippen MR) is 74.7 cm³/mol. The van der Waals surface area contributed by atoms with Gasteiger partial charge in [0.2, 0.25) is 5.91 Å². The van der Waals surface area contributed by atoms with Crippen molar-refractivity contribution in [3.63, 3.8) is 0 Å². The highest BCUT2D eigenvalue weighted by molar-refractivity contribution is 7.12. The molecule has 0 saturated carbocycles. The second kappa shape index (κ2) is 6.83. The maximum Gasteiger partial charge on any atom is 0.261 e. The summed E-state index contributed by atoms with van der Waals surface area (Å²) in [6.45, 7) is 2.53. The number of nitrogens with zero attached hydrogens (tertiary/aromatic N) is 1. The van der Waals surface area contributed by atoms with Gasteiger partial charge in [0.1, 0.15) is 0 Å². The van der Waals surface area contributed by atoms with Crippen LogP contribution in [0.2, 0.25) is 0 Å². The molecule has 20 heavy (non-hydrogen) atoms. The van der Waals surface area contributed by atoms with Crippen molar-refractivity contribution >= 4 is 23.2 Å². The van der Waals surface area contributed by atoms with Crippen molar-refractivity contribution in [2.45, 2.75) is 19.1 Å². The number of hydrogen-bond donors (Lipinski definition) is 2. The molecule has 1 aliphatic heterocycles. The molecule has 2 unspecified atom stereocenters. The number of aliphatic hydroxyl groups is 1. The molecule has 0 radical (unpaired) electrons. The Bertz CT molecular complexity index is 463. The third kappa shape index (κ3) is 3.78. The number of nitrogens with one attached hydrogen (secondary N) is 1. The molecule has 0 aromatic carbocycles. The van der Waals surface area contributed by atoms with Crippen molar-refractivity contribution in [3.05, 3.63) is 22.4 Å². The van der Waals surface area contributed by atoms with E-state index in [1.54, 1.807) is 17.0 Å². The van der Waals surface area contributed by atoms with Gasteiger partial charge in [-0.2, -0.15) is 0 Å². The maximum absolute atomic E-state index is 12.1. The van der Waals surface area contributed by atoms with Gasteiger partial charge in [-0.15, -0.1) is 11.3 Å². The lowest BCUT2D eigenvalue weighted by atomic mass is 10.2. The van der Waals surface area contributed by atoms with Crippen molar-refractivity contribution < 1.29 is 19.4 Å². The van der Waals surface area contributed by atoms with Gasteiger partial charge in [0, 0.05) is 13.1 Å². The Kier molecular flexibility index (Phi) is 5.11. The van der Waals surface area contributed by atoms with E-state index >= 15 is 0 Å². The molecule has 1 aromatic heterocycles. The lowest BCUT2D eigenvalue weighted by Gasteiger charge is -2.36. The van der Waals surface area contributed by atoms with E-state index in [-0.39, 0.29) is 37.2 Å². The number of ether oxygens (including phenoxy) is 1. The molecule has 2 atom stereocenters. The quantitative estimate of drug-likeness (QED) is 0.825. The Morgan fingerprint density at radius 3 is 3.00 bits per heavy atom. The second-order valence-corrected chi connectivity index (χ2v) is 5.66. The van der Waals surface area contributed by atoms with E-state index in [1.165, 1.54) is 11.3 Å². The number of morpholine rings is 1. The number of carbonyl (C=O) groups is 2. The van der Waals surface area contributed by atoms with Crippen molar-refractivity contribution in [2.24, 2.45) is 0 Å². The fourth-order valence-corrected chi connectivity index (χ4v) is 2.75. The van der Waals surface area contributed by atoms with Gasteiger partial charge in [-0.3, -0.25) is 9.59 Å². The first-order chi connectivity index (χ1) is 9.60. The lowest BCUT2D eigenvalue weighted by Crippen LogP contribution is -2.52. The smallest absolute Gasteiger partial charge is 0.261 e. The van der Waals surface area contributed by atoms with E-state index in [0.717, 1.165) is 0 Å². The minimum absolute atomic E-state index is 0.0401. The van der Waals surface area contributed by atoms with Gasteiger partial charge in [-0.05, 0) is 18.4 Å². The summed E-state index contributed by atoms with van der Waals surface area (Å²) < 4.78 is 5.47. The van der Waals surface area contributed by atoms with Gasteiger partial charge in [0.25, 0.3) is 5.91 Å². The van der Waals surface area contributed by atoms with Crippen LogP contribution < -0.4 is 5.32 Å². The second-order valence-electron chi connectivity index (χ2n) is 4.71. The van der Waals surface area contributed by atoms with Gasteiger partial charge >= 0.3 is 0 Å². The van der Waals surface area contributed by atoms with Gasteiger partial charge in [-0.1, -0.05) is 6.07 Å². The van der Waals surface area contributed by atoms with Crippen LogP contribution in [0.1, 0.15) is 16.6 Å². The molecule has 2 amide bonds. The van der Waals surface area contributed by atoms with Crippen molar-refractivity contribution in [1.82, 2.24) is 10.2 Å². The molecule has 2 N–H and O–H groups in total. The van der Waals surface area contributed by atoms with Gasteiger partial charge < -0.3 is 20.1 Å². The van der Waals surface area contributed by atoms with Crippen LogP contribution in [0.5, 0.6) is 0 Å². The summed E-state index contributed by atoms with van der Waals surface area (Å²) in [7, 11) is 0. The molecular weight excluding hydrogens is 280 g/mol. The van der Waals surface area contributed by atoms with E-state index in [0.29, 0.717) is 18.0 Å². The number of thiophene rings is 1. The molecule has 7 heteroatoms. The molecule has 1 saturated heterocycles. The molecule has 1 aliphatic rings. The zero-order valence-corrected chi connectivity index (χ0v) is 12.1. The fraction of sp³-hybridized carbons (Fsp3) is 0.538.